The first-order valence-corrected chi connectivity index (χ1v) is 17.5. The maximum absolute atomic E-state index is 14.0. The van der Waals surface area contributed by atoms with Crippen molar-refractivity contribution < 1.29 is 19.1 Å². The first kappa shape index (κ1) is 29.8. The van der Waals surface area contributed by atoms with E-state index >= 15 is 0 Å². The van der Waals surface area contributed by atoms with Gasteiger partial charge in [-0.3, -0.25) is 24.1 Å². The number of H-pyrrole nitrogens is 1. The predicted molar refractivity (Wildman–Crippen MR) is 179 cm³/mol. The Bertz CT molecular complexity index is 1980. The number of imide groups is 1. The highest BCUT2D eigenvalue weighted by molar-refractivity contribution is 8.00. The molecule has 8 nitrogen and oxygen atoms in total. The summed E-state index contributed by atoms with van der Waals surface area (Å²) in [5, 5.41) is 4.70. The first-order valence-electron chi connectivity index (χ1n) is 15.0. The summed E-state index contributed by atoms with van der Waals surface area (Å²) in [6, 6.07) is 19.6. The Morgan fingerprint density at radius 2 is 1.70 bits per heavy atom. The molecular formula is C34H27Cl2N3O5S2. The van der Waals surface area contributed by atoms with Crippen LogP contribution in [0.1, 0.15) is 28.3 Å². The van der Waals surface area contributed by atoms with Crippen LogP contribution in [0.5, 0.6) is 5.75 Å². The molecule has 2 bridgehead atoms. The molecule has 2 saturated carbocycles. The minimum Gasteiger partial charge on any atom is -0.483 e. The summed E-state index contributed by atoms with van der Waals surface area (Å²) in [5.41, 5.74) is 2.94. The van der Waals surface area contributed by atoms with Crippen LogP contribution in [0.25, 0.3) is 0 Å². The van der Waals surface area contributed by atoms with Gasteiger partial charge in [-0.25, -0.2) is 0 Å². The minimum atomic E-state index is -0.460. The summed E-state index contributed by atoms with van der Waals surface area (Å²) in [6.45, 7) is 1.69. The Labute approximate surface area is 282 Å². The highest BCUT2D eigenvalue weighted by Crippen LogP contribution is 2.69. The number of hydrogen-bond acceptors (Lipinski definition) is 7. The monoisotopic (exact) mass is 691 g/mol. The van der Waals surface area contributed by atoms with Gasteiger partial charge in [-0.05, 0) is 85.2 Å². The molecule has 4 aliphatic rings. The van der Waals surface area contributed by atoms with Gasteiger partial charge >= 0.3 is 4.87 Å². The number of benzene rings is 3. The number of thiazole rings is 1. The molecule has 3 aromatic carbocycles. The molecule has 2 N–H and O–H groups in total. The predicted octanol–water partition coefficient (Wildman–Crippen LogP) is 6.75. The van der Waals surface area contributed by atoms with Crippen molar-refractivity contribution >= 4 is 75.4 Å². The summed E-state index contributed by atoms with van der Waals surface area (Å²) in [4.78, 5) is 58.6. The van der Waals surface area contributed by atoms with Gasteiger partial charge in [-0.2, -0.15) is 0 Å². The molecule has 12 heteroatoms. The summed E-state index contributed by atoms with van der Waals surface area (Å²) >= 11 is 15.4. The number of amides is 3. The van der Waals surface area contributed by atoms with Crippen molar-refractivity contribution in [3.63, 3.8) is 0 Å². The van der Waals surface area contributed by atoms with Gasteiger partial charge in [-0.1, -0.05) is 52.7 Å². The number of rotatable bonds is 6. The second kappa shape index (κ2) is 11.3. The van der Waals surface area contributed by atoms with Gasteiger partial charge < -0.3 is 15.0 Å². The van der Waals surface area contributed by atoms with Crippen LogP contribution in [0, 0.1) is 36.5 Å². The molecule has 0 unspecified atom stereocenters. The van der Waals surface area contributed by atoms with Crippen LogP contribution in [-0.2, 0) is 14.4 Å². The van der Waals surface area contributed by atoms with Crippen molar-refractivity contribution in [1.29, 1.82) is 0 Å². The molecule has 46 heavy (non-hydrogen) atoms. The molecule has 8 rings (SSSR count). The fourth-order valence-electron chi connectivity index (χ4n) is 8.15. The highest BCUT2D eigenvalue weighted by Gasteiger charge is 2.69. The van der Waals surface area contributed by atoms with E-state index in [0.29, 0.717) is 27.2 Å². The molecular weight excluding hydrogens is 665 g/mol. The number of fused-ring (bicyclic) bond motifs is 9. The van der Waals surface area contributed by atoms with Crippen LogP contribution in [0.3, 0.4) is 0 Å². The van der Waals surface area contributed by atoms with E-state index in [2.05, 4.69) is 10.3 Å². The Kier molecular flexibility index (Phi) is 7.32. The van der Waals surface area contributed by atoms with Crippen molar-refractivity contribution in [2.24, 2.45) is 29.6 Å². The van der Waals surface area contributed by atoms with E-state index in [1.165, 1.54) is 4.90 Å². The second-order valence-electron chi connectivity index (χ2n) is 12.3. The molecule has 1 saturated heterocycles. The maximum atomic E-state index is 14.0. The lowest BCUT2D eigenvalue weighted by Gasteiger charge is -2.43. The number of aromatic nitrogens is 1. The zero-order valence-electron chi connectivity index (χ0n) is 24.4. The van der Waals surface area contributed by atoms with Gasteiger partial charge in [0, 0.05) is 37.3 Å². The standard InChI is InChI=1S/C34H27Cl2N3O5S2/c1-15-4-2-3-5-22(15)37-24(40)14-44-23-11-8-17(36)12-19(23)25-26-20-13-21(29(26)45-31-30(25)46-34(43)38-31)28-27(20)32(41)39(33(28)42)18-9-6-16(35)7-10-18/h2-12,20-21,25-29H,13-14H2,1H3,(H,37,40)(H,38,43)/t20-,21-,25+,26-,27+,28+,29-/m1/s1. The zero-order valence-corrected chi connectivity index (χ0v) is 27.5. The van der Waals surface area contributed by atoms with Crippen LogP contribution < -0.4 is 19.8 Å². The summed E-state index contributed by atoms with van der Waals surface area (Å²) < 4.78 is 6.18. The molecule has 3 fully saturated rings. The largest absolute Gasteiger partial charge is 0.483 e. The van der Waals surface area contributed by atoms with Gasteiger partial charge in [0.2, 0.25) is 11.8 Å². The summed E-state index contributed by atoms with van der Waals surface area (Å²) in [6.07, 6.45) is 0.745. The number of para-hydroxylation sites is 1. The number of nitrogens with zero attached hydrogens (tertiary/aromatic N) is 1. The lowest BCUT2D eigenvalue weighted by molar-refractivity contribution is -0.123. The van der Waals surface area contributed by atoms with E-state index in [0.717, 1.165) is 38.8 Å². The number of ether oxygens (including phenoxy) is 1. The van der Waals surface area contributed by atoms with Crippen molar-refractivity contribution in [2.75, 3.05) is 16.8 Å². The third-order valence-electron chi connectivity index (χ3n) is 9.89. The normalized spacial score (nSPS) is 27.4. The Balaban J connectivity index is 1.15. The average Bonchev–Trinajstić information content (AvgIpc) is 3.77. The Morgan fingerprint density at radius 3 is 2.46 bits per heavy atom. The minimum absolute atomic E-state index is 0.00731. The topological polar surface area (TPSA) is 109 Å². The lowest BCUT2D eigenvalue weighted by Crippen LogP contribution is -2.42. The van der Waals surface area contributed by atoms with Crippen LogP contribution in [0.4, 0.5) is 11.4 Å². The number of aromatic amines is 1. The number of halogens is 2. The quantitative estimate of drug-likeness (QED) is 0.217. The lowest BCUT2D eigenvalue weighted by atomic mass is 9.68. The maximum Gasteiger partial charge on any atom is 0.305 e. The van der Waals surface area contributed by atoms with Gasteiger partial charge in [-0.15, -0.1) is 11.8 Å². The SMILES string of the molecule is Cc1ccccc1NC(=O)COc1ccc(Cl)cc1[C@@H]1c2sc(=O)[nH]c2S[C@@H]2[C@@H]3C[C@@H]([C@@H]4C(=O)N(c5ccc(Cl)cc5)C(=O)[C@@H]34)[C@H]12. The molecule has 234 valence electrons. The van der Waals surface area contributed by atoms with Gasteiger partial charge in [0.05, 0.1) is 22.5 Å². The molecule has 4 aromatic rings. The van der Waals surface area contributed by atoms with E-state index in [1.54, 1.807) is 48.2 Å². The van der Waals surface area contributed by atoms with E-state index in [-0.39, 0.29) is 58.1 Å². The second-order valence-corrected chi connectivity index (χ2v) is 15.4. The number of anilines is 2. The third kappa shape index (κ3) is 4.72. The van der Waals surface area contributed by atoms with Crippen LogP contribution >= 0.6 is 46.3 Å². The molecule has 1 aromatic heterocycles. The number of carbonyl (C=O) groups excluding carboxylic acids is 3. The smallest absolute Gasteiger partial charge is 0.305 e. The number of carbonyl (C=O) groups is 3. The van der Waals surface area contributed by atoms with Crippen LogP contribution in [0.15, 0.2) is 76.6 Å². The van der Waals surface area contributed by atoms with Gasteiger partial charge in [0.1, 0.15) is 5.75 Å². The molecule has 0 spiro atoms. The fraction of sp³-hybridized carbons (Fsp3) is 0.294. The molecule has 2 aliphatic heterocycles. The molecule has 2 aliphatic carbocycles. The van der Waals surface area contributed by atoms with E-state index in [9.17, 15) is 19.2 Å². The molecule has 7 atom stereocenters. The van der Waals surface area contributed by atoms with Crippen molar-refractivity contribution in [1.82, 2.24) is 4.98 Å². The summed E-state index contributed by atoms with van der Waals surface area (Å²) in [7, 11) is 0. The summed E-state index contributed by atoms with van der Waals surface area (Å²) in [5.74, 6) is -1.56. The highest BCUT2D eigenvalue weighted by atomic mass is 35.5. The Morgan fingerprint density at radius 1 is 0.978 bits per heavy atom. The first-order chi connectivity index (χ1) is 22.2. The molecule has 0 radical (unpaired) electrons. The van der Waals surface area contributed by atoms with Crippen molar-refractivity contribution in [3.05, 3.63) is 102 Å². The Hall–Kier alpha value is -3.57. The van der Waals surface area contributed by atoms with E-state index < -0.39 is 11.8 Å². The van der Waals surface area contributed by atoms with Crippen LogP contribution in [-0.4, -0.2) is 34.6 Å². The number of thioether (sulfide) groups is 1. The van der Waals surface area contributed by atoms with Gasteiger partial charge in [0.25, 0.3) is 5.91 Å². The van der Waals surface area contributed by atoms with Crippen molar-refractivity contribution in [2.45, 2.75) is 29.5 Å². The van der Waals surface area contributed by atoms with Gasteiger partial charge in [0.15, 0.2) is 6.61 Å². The fourth-order valence-corrected chi connectivity index (χ4v) is 11.3. The third-order valence-corrected chi connectivity index (χ3v) is 13.0. The number of aryl methyl sites for hydroxylation is 1. The van der Waals surface area contributed by atoms with Crippen molar-refractivity contribution in [3.8, 4) is 5.75 Å². The zero-order chi connectivity index (χ0) is 31.9. The molecule has 3 heterocycles. The van der Waals surface area contributed by atoms with E-state index in [4.69, 9.17) is 27.9 Å². The number of hydrogen-bond donors (Lipinski definition) is 2. The average molecular weight is 693 g/mol. The van der Waals surface area contributed by atoms with E-state index in [1.807, 2.05) is 37.3 Å². The number of nitrogens with one attached hydrogen (secondary N) is 2. The molecule has 3 amide bonds. The van der Waals surface area contributed by atoms with Crippen LogP contribution in [0.2, 0.25) is 10.0 Å².